The molecule has 1 aliphatic rings. The van der Waals surface area contributed by atoms with Crippen molar-refractivity contribution < 1.29 is 14.3 Å². The molecule has 0 spiro atoms. The molecule has 3 rings (SSSR count). The van der Waals surface area contributed by atoms with E-state index in [1.807, 2.05) is 18.2 Å². The molecule has 0 aromatic heterocycles. The maximum atomic E-state index is 12.1. The Hall–Kier alpha value is -1.73. The summed E-state index contributed by atoms with van der Waals surface area (Å²) in [5.41, 5.74) is 2.57. The van der Waals surface area contributed by atoms with Gasteiger partial charge in [-0.1, -0.05) is 35.3 Å². The van der Waals surface area contributed by atoms with E-state index in [4.69, 9.17) is 27.9 Å². The molecule has 1 fully saturated rings. The van der Waals surface area contributed by atoms with Crippen LogP contribution in [0, 0.1) is 0 Å². The second kappa shape index (κ2) is 9.39. The Kier molecular flexibility index (Phi) is 7.11. The number of ether oxygens (including phenoxy) is 1. The van der Waals surface area contributed by atoms with Crippen LogP contribution < -0.4 is 4.74 Å². The third-order valence-corrected chi connectivity index (χ3v) is 6.45. The number of amides is 2. The van der Waals surface area contributed by atoms with E-state index in [9.17, 15) is 9.59 Å². The number of imide groups is 1. The highest BCUT2D eigenvalue weighted by molar-refractivity contribution is 9.10. The zero-order valence-electron chi connectivity index (χ0n) is 15.4. The van der Waals surface area contributed by atoms with Gasteiger partial charge in [0.1, 0.15) is 12.4 Å². The molecular formula is C21H16BrCl2NO3S. The number of halogens is 3. The molecule has 29 heavy (non-hydrogen) atoms. The molecule has 0 bridgehead atoms. The van der Waals surface area contributed by atoms with Gasteiger partial charge in [0, 0.05) is 7.05 Å². The van der Waals surface area contributed by atoms with Gasteiger partial charge in [-0.2, -0.15) is 0 Å². The normalized spacial score (nSPS) is 15.3. The quantitative estimate of drug-likeness (QED) is 0.318. The van der Waals surface area contributed by atoms with Crippen molar-refractivity contribution in [3.05, 3.63) is 79.1 Å². The number of thioether (sulfide) groups is 1. The fourth-order valence-electron chi connectivity index (χ4n) is 2.71. The Morgan fingerprint density at radius 2 is 1.97 bits per heavy atom. The van der Waals surface area contributed by atoms with E-state index in [1.54, 1.807) is 24.3 Å². The van der Waals surface area contributed by atoms with E-state index in [1.165, 1.54) is 7.05 Å². The SMILES string of the molecule is C=CCc1cc(/C=C2\SC(=O)N(C)C2=O)cc(Br)c1OCc1ccc(Cl)c(Cl)c1. The van der Waals surface area contributed by atoms with Crippen molar-refractivity contribution in [1.29, 1.82) is 0 Å². The van der Waals surface area contributed by atoms with Crippen molar-refractivity contribution in [2.75, 3.05) is 7.05 Å². The number of likely N-dealkylation sites (N-methyl/N-ethyl adjacent to an activating group) is 1. The lowest BCUT2D eigenvalue weighted by molar-refractivity contribution is -0.121. The number of benzene rings is 2. The highest BCUT2D eigenvalue weighted by atomic mass is 79.9. The van der Waals surface area contributed by atoms with Gasteiger partial charge in [-0.3, -0.25) is 14.5 Å². The van der Waals surface area contributed by atoms with E-state index in [-0.39, 0.29) is 11.1 Å². The third-order valence-electron chi connectivity index (χ3n) is 4.16. The minimum Gasteiger partial charge on any atom is -0.487 e. The summed E-state index contributed by atoms with van der Waals surface area (Å²) in [4.78, 5) is 25.3. The van der Waals surface area contributed by atoms with Gasteiger partial charge in [-0.05, 0) is 81.1 Å². The molecule has 4 nitrogen and oxygen atoms in total. The minimum atomic E-state index is -0.304. The van der Waals surface area contributed by atoms with Gasteiger partial charge in [-0.25, -0.2) is 0 Å². The van der Waals surface area contributed by atoms with Gasteiger partial charge in [0.05, 0.1) is 19.4 Å². The van der Waals surface area contributed by atoms with Crippen LogP contribution in [0.5, 0.6) is 5.75 Å². The largest absolute Gasteiger partial charge is 0.487 e. The van der Waals surface area contributed by atoms with E-state index in [2.05, 4.69) is 22.5 Å². The summed E-state index contributed by atoms with van der Waals surface area (Å²) in [7, 11) is 1.47. The number of allylic oxidation sites excluding steroid dienone is 1. The predicted octanol–water partition coefficient (Wildman–Crippen LogP) is 6.73. The van der Waals surface area contributed by atoms with Crippen LogP contribution in [0.25, 0.3) is 6.08 Å². The van der Waals surface area contributed by atoms with Crippen molar-refractivity contribution in [3.63, 3.8) is 0 Å². The smallest absolute Gasteiger partial charge is 0.293 e. The highest BCUT2D eigenvalue weighted by Gasteiger charge is 2.31. The van der Waals surface area contributed by atoms with Crippen LogP contribution in [0.1, 0.15) is 16.7 Å². The van der Waals surface area contributed by atoms with Gasteiger partial charge in [-0.15, -0.1) is 6.58 Å². The average Bonchev–Trinajstić information content (AvgIpc) is 2.91. The van der Waals surface area contributed by atoms with Gasteiger partial charge in [0.25, 0.3) is 11.1 Å². The van der Waals surface area contributed by atoms with Crippen LogP contribution in [-0.2, 0) is 17.8 Å². The molecule has 0 saturated carbocycles. The molecule has 1 aliphatic heterocycles. The standard InChI is InChI=1S/C21H16BrCl2NO3S/c1-3-4-14-7-13(10-18-20(26)25(2)21(27)29-18)8-15(22)19(14)28-11-12-5-6-16(23)17(24)9-12/h3,5-10H,1,4,11H2,2H3/b18-10-. The Morgan fingerprint density at radius 1 is 1.21 bits per heavy atom. The summed E-state index contributed by atoms with van der Waals surface area (Å²) in [6.07, 6.45) is 4.05. The number of carbonyl (C=O) groups excluding carboxylic acids is 2. The summed E-state index contributed by atoms with van der Waals surface area (Å²) in [6, 6.07) is 9.11. The molecule has 2 amide bonds. The molecule has 150 valence electrons. The molecule has 2 aromatic rings. The second-order valence-corrected chi connectivity index (χ2v) is 8.92. The number of hydrogen-bond donors (Lipinski definition) is 0. The van der Waals surface area contributed by atoms with E-state index in [0.29, 0.717) is 33.7 Å². The van der Waals surface area contributed by atoms with E-state index < -0.39 is 0 Å². The lowest BCUT2D eigenvalue weighted by Gasteiger charge is -2.14. The van der Waals surface area contributed by atoms with Gasteiger partial charge >= 0.3 is 0 Å². The third kappa shape index (κ3) is 5.07. The van der Waals surface area contributed by atoms with Crippen molar-refractivity contribution in [1.82, 2.24) is 4.90 Å². The molecular weight excluding hydrogens is 497 g/mol. The number of carbonyl (C=O) groups is 2. The van der Waals surface area contributed by atoms with Crippen molar-refractivity contribution in [3.8, 4) is 5.75 Å². The highest BCUT2D eigenvalue weighted by Crippen LogP contribution is 2.36. The minimum absolute atomic E-state index is 0.284. The lowest BCUT2D eigenvalue weighted by Crippen LogP contribution is -2.22. The van der Waals surface area contributed by atoms with Crippen LogP contribution in [0.2, 0.25) is 10.0 Å². The second-order valence-electron chi connectivity index (χ2n) is 6.26. The number of rotatable bonds is 6. The average molecular weight is 513 g/mol. The monoisotopic (exact) mass is 511 g/mol. The first-order valence-corrected chi connectivity index (χ1v) is 10.9. The van der Waals surface area contributed by atoms with Crippen LogP contribution >= 0.6 is 50.9 Å². The fraction of sp³-hybridized carbons (Fsp3) is 0.143. The summed E-state index contributed by atoms with van der Waals surface area (Å²) in [5, 5.41) is 0.677. The van der Waals surface area contributed by atoms with Crippen molar-refractivity contribution in [2.45, 2.75) is 13.0 Å². The molecule has 0 atom stereocenters. The molecule has 0 radical (unpaired) electrons. The van der Waals surface area contributed by atoms with Crippen LogP contribution in [0.3, 0.4) is 0 Å². The molecule has 1 heterocycles. The maximum Gasteiger partial charge on any atom is 0.293 e. The first-order chi connectivity index (χ1) is 13.8. The Bertz CT molecular complexity index is 1040. The fourth-order valence-corrected chi connectivity index (χ4v) is 4.49. The van der Waals surface area contributed by atoms with E-state index >= 15 is 0 Å². The molecule has 0 N–H and O–H groups in total. The molecule has 0 aliphatic carbocycles. The van der Waals surface area contributed by atoms with E-state index in [0.717, 1.165) is 37.8 Å². The Labute approximate surface area is 191 Å². The van der Waals surface area contributed by atoms with Crippen molar-refractivity contribution >= 4 is 68.1 Å². The summed E-state index contributed by atoms with van der Waals surface area (Å²) >= 11 is 16.5. The lowest BCUT2D eigenvalue weighted by atomic mass is 10.1. The first-order valence-electron chi connectivity index (χ1n) is 8.51. The number of nitrogens with zero attached hydrogens (tertiary/aromatic N) is 1. The summed E-state index contributed by atoms with van der Waals surface area (Å²) < 4.78 is 6.77. The summed E-state index contributed by atoms with van der Waals surface area (Å²) in [5.74, 6) is 0.373. The predicted molar refractivity (Wildman–Crippen MR) is 123 cm³/mol. The van der Waals surface area contributed by atoms with Crippen molar-refractivity contribution in [2.24, 2.45) is 0 Å². The molecule has 8 heteroatoms. The number of hydrogen-bond acceptors (Lipinski definition) is 4. The van der Waals surface area contributed by atoms with Crippen LogP contribution in [-0.4, -0.2) is 23.1 Å². The molecule has 2 aromatic carbocycles. The van der Waals surface area contributed by atoms with Gasteiger partial charge < -0.3 is 4.74 Å². The molecule has 0 unspecified atom stereocenters. The van der Waals surface area contributed by atoms with Crippen LogP contribution in [0.15, 0.2) is 52.4 Å². The zero-order chi connectivity index (χ0) is 21.1. The first kappa shape index (κ1) is 22.0. The Morgan fingerprint density at radius 3 is 2.59 bits per heavy atom. The summed E-state index contributed by atoms with van der Waals surface area (Å²) in [6.45, 7) is 4.12. The topological polar surface area (TPSA) is 46.6 Å². The molecule has 1 saturated heterocycles. The maximum absolute atomic E-state index is 12.1. The van der Waals surface area contributed by atoms with Crippen LogP contribution in [0.4, 0.5) is 4.79 Å². The Balaban J connectivity index is 1.88. The zero-order valence-corrected chi connectivity index (χ0v) is 19.3. The van der Waals surface area contributed by atoms with Gasteiger partial charge in [0.2, 0.25) is 0 Å². The van der Waals surface area contributed by atoms with Gasteiger partial charge in [0.15, 0.2) is 0 Å².